The first-order chi connectivity index (χ1) is 12.8. The third kappa shape index (κ3) is 7.32. The molecule has 0 saturated carbocycles. The number of aromatic nitrogens is 1. The predicted molar refractivity (Wildman–Crippen MR) is 105 cm³/mol. The predicted octanol–water partition coefficient (Wildman–Crippen LogP) is 2.28. The summed E-state index contributed by atoms with van der Waals surface area (Å²) in [6.07, 6.45) is 3.13. The number of amides is 1. The van der Waals surface area contributed by atoms with Gasteiger partial charge in [0.1, 0.15) is 5.60 Å². The molecule has 8 heteroatoms. The quantitative estimate of drug-likeness (QED) is 0.603. The number of carbonyl (C=O) groups is 1. The minimum atomic E-state index is -0.274. The maximum absolute atomic E-state index is 11.7. The summed E-state index contributed by atoms with van der Waals surface area (Å²) in [6.45, 7) is 9.91. The molecule has 0 aliphatic carbocycles. The third-order valence-electron chi connectivity index (χ3n) is 4.01. The first-order valence-electron chi connectivity index (χ1n) is 9.39. The number of piperidine rings is 1. The number of nitrogens with one attached hydrogen (secondary N) is 1. The second-order valence-electron chi connectivity index (χ2n) is 7.53. The zero-order chi connectivity index (χ0) is 19.9. The molecule has 2 heterocycles. The number of nitrogens with two attached hydrogens (primary N) is 1. The van der Waals surface area contributed by atoms with E-state index in [0.717, 1.165) is 18.4 Å². The highest BCUT2D eigenvalue weighted by atomic mass is 16.6. The molecule has 0 radical (unpaired) electrons. The summed E-state index contributed by atoms with van der Waals surface area (Å²) in [4.78, 5) is 22.1. The van der Waals surface area contributed by atoms with E-state index in [9.17, 15) is 4.79 Å². The van der Waals surface area contributed by atoms with E-state index in [-0.39, 0.29) is 17.7 Å². The second-order valence-corrected chi connectivity index (χ2v) is 7.53. The SMILES string of the molecule is CCOC(=O)N1CCC(NC(N)=NCc2ccc(OC(C)(C)C)nc2)CC1. The minimum absolute atomic E-state index is 0.208. The number of likely N-dealkylation sites (tertiary alicyclic amines) is 1. The van der Waals surface area contributed by atoms with Crippen molar-refractivity contribution in [2.24, 2.45) is 10.7 Å². The number of hydrogen-bond donors (Lipinski definition) is 2. The molecule has 1 aliphatic rings. The number of carbonyl (C=O) groups excluding carboxylic acids is 1. The van der Waals surface area contributed by atoms with Gasteiger partial charge in [-0.3, -0.25) is 0 Å². The number of hydrogen-bond acceptors (Lipinski definition) is 5. The number of pyridine rings is 1. The van der Waals surface area contributed by atoms with Crippen LogP contribution in [-0.2, 0) is 11.3 Å². The number of ether oxygens (including phenoxy) is 2. The van der Waals surface area contributed by atoms with E-state index in [1.165, 1.54) is 0 Å². The average Bonchev–Trinajstić information content (AvgIpc) is 2.61. The molecule has 1 saturated heterocycles. The summed E-state index contributed by atoms with van der Waals surface area (Å²) in [5.41, 5.74) is 6.68. The van der Waals surface area contributed by atoms with Gasteiger partial charge in [-0.1, -0.05) is 6.07 Å². The molecule has 1 aromatic rings. The summed E-state index contributed by atoms with van der Waals surface area (Å²) in [5.74, 6) is 0.995. The van der Waals surface area contributed by atoms with E-state index >= 15 is 0 Å². The molecular formula is C19H31N5O3. The van der Waals surface area contributed by atoms with E-state index in [4.69, 9.17) is 15.2 Å². The molecule has 1 fully saturated rings. The Morgan fingerprint density at radius 1 is 1.37 bits per heavy atom. The molecule has 2 rings (SSSR count). The van der Waals surface area contributed by atoms with E-state index in [0.29, 0.717) is 38.1 Å². The number of nitrogens with zero attached hydrogens (tertiary/aromatic N) is 3. The second kappa shape index (κ2) is 9.43. The van der Waals surface area contributed by atoms with Crippen LogP contribution in [0.15, 0.2) is 23.3 Å². The van der Waals surface area contributed by atoms with Crippen LogP contribution in [-0.4, -0.2) is 53.3 Å². The molecule has 8 nitrogen and oxygen atoms in total. The lowest BCUT2D eigenvalue weighted by Gasteiger charge is -2.31. The first kappa shape index (κ1) is 20.8. The lowest BCUT2D eigenvalue weighted by Crippen LogP contribution is -2.48. The Bertz CT molecular complexity index is 632. The molecule has 1 aliphatic heterocycles. The van der Waals surface area contributed by atoms with Gasteiger partial charge in [-0.15, -0.1) is 0 Å². The van der Waals surface area contributed by atoms with Gasteiger partial charge in [0.05, 0.1) is 13.2 Å². The van der Waals surface area contributed by atoms with Crippen molar-refractivity contribution in [1.29, 1.82) is 0 Å². The van der Waals surface area contributed by atoms with Crippen molar-refractivity contribution in [1.82, 2.24) is 15.2 Å². The molecule has 0 atom stereocenters. The van der Waals surface area contributed by atoms with Crippen LogP contribution in [0.5, 0.6) is 5.88 Å². The van der Waals surface area contributed by atoms with Crippen molar-refractivity contribution >= 4 is 12.1 Å². The summed E-state index contributed by atoms with van der Waals surface area (Å²) in [7, 11) is 0. The molecule has 1 amide bonds. The Balaban J connectivity index is 1.77. The van der Waals surface area contributed by atoms with Gasteiger partial charge in [0, 0.05) is 31.4 Å². The van der Waals surface area contributed by atoms with Gasteiger partial charge in [0.25, 0.3) is 0 Å². The van der Waals surface area contributed by atoms with Crippen LogP contribution < -0.4 is 15.8 Å². The Hall–Kier alpha value is -2.51. The molecule has 0 unspecified atom stereocenters. The van der Waals surface area contributed by atoms with Crippen molar-refractivity contribution in [3.8, 4) is 5.88 Å². The van der Waals surface area contributed by atoms with Crippen molar-refractivity contribution in [3.05, 3.63) is 23.9 Å². The zero-order valence-corrected chi connectivity index (χ0v) is 16.7. The topological polar surface area (TPSA) is 102 Å². The standard InChI is InChI=1S/C19H31N5O3/c1-5-26-18(25)24-10-8-15(9-11-24)23-17(20)22-13-14-6-7-16(21-12-14)27-19(2,3)4/h6-7,12,15H,5,8-11,13H2,1-4H3,(H3,20,22,23). The smallest absolute Gasteiger partial charge is 0.409 e. The number of guanidine groups is 1. The number of rotatable bonds is 5. The molecule has 150 valence electrons. The van der Waals surface area contributed by atoms with Crippen LogP contribution in [0, 0.1) is 0 Å². The van der Waals surface area contributed by atoms with Gasteiger partial charge in [0.15, 0.2) is 5.96 Å². The fraction of sp³-hybridized carbons (Fsp3) is 0.632. The lowest BCUT2D eigenvalue weighted by molar-refractivity contribution is 0.0963. The van der Waals surface area contributed by atoms with E-state index in [1.807, 2.05) is 39.8 Å². The Labute approximate surface area is 161 Å². The summed E-state index contributed by atoms with van der Waals surface area (Å²) >= 11 is 0. The maximum Gasteiger partial charge on any atom is 0.409 e. The molecule has 1 aromatic heterocycles. The monoisotopic (exact) mass is 377 g/mol. The van der Waals surface area contributed by atoms with Crippen LogP contribution in [0.25, 0.3) is 0 Å². The van der Waals surface area contributed by atoms with Gasteiger partial charge in [-0.25, -0.2) is 14.8 Å². The Kier molecular flexibility index (Phi) is 7.27. The number of aliphatic imine (C=N–C) groups is 1. The summed E-state index contributed by atoms with van der Waals surface area (Å²) in [6, 6.07) is 3.98. The van der Waals surface area contributed by atoms with Crippen LogP contribution in [0.3, 0.4) is 0 Å². The zero-order valence-electron chi connectivity index (χ0n) is 16.7. The Morgan fingerprint density at radius 3 is 2.63 bits per heavy atom. The molecule has 0 bridgehead atoms. The largest absolute Gasteiger partial charge is 0.472 e. The molecular weight excluding hydrogens is 346 g/mol. The van der Waals surface area contributed by atoms with Gasteiger partial charge in [-0.05, 0) is 46.1 Å². The normalized spacial score (nSPS) is 16.1. The molecule has 27 heavy (non-hydrogen) atoms. The minimum Gasteiger partial charge on any atom is -0.472 e. The van der Waals surface area contributed by atoms with Gasteiger partial charge in [0.2, 0.25) is 5.88 Å². The van der Waals surface area contributed by atoms with E-state index in [2.05, 4.69) is 15.3 Å². The molecule has 0 aromatic carbocycles. The van der Waals surface area contributed by atoms with Gasteiger partial charge in [-0.2, -0.15) is 0 Å². The van der Waals surface area contributed by atoms with Crippen molar-refractivity contribution in [2.75, 3.05) is 19.7 Å². The van der Waals surface area contributed by atoms with Crippen LogP contribution in [0.4, 0.5) is 4.79 Å². The van der Waals surface area contributed by atoms with Gasteiger partial charge >= 0.3 is 6.09 Å². The van der Waals surface area contributed by atoms with Crippen LogP contribution in [0.1, 0.15) is 46.1 Å². The van der Waals surface area contributed by atoms with E-state index in [1.54, 1.807) is 11.1 Å². The fourth-order valence-corrected chi connectivity index (χ4v) is 2.73. The highest BCUT2D eigenvalue weighted by Gasteiger charge is 2.23. The van der Waals surface area contributed by atoms with E-state index < -0.39 is 0 Å². The maximum atomic E-state index is 11.7. The van der Waals surface area contributed by atoms with Crippen molar-refractivity contribution < 1.29 is 14.3 Å². The third-order valence-corrected chi connectivity index (χ3v) is 4.01. The van der Waals surface area contributed by atoms with Crippen LogP contribution >= 0.6 is 0 Å². The fourth-order valence-electron chi connectivity index (χ4n) is 2.73. The lowest BCUT2D eigenvalue weighted by atomic mass is 10.1. The highest BCUT2D eigenvalue weighted by molar-refractivity contribution is 5.78. The highest BCUT2D eigenvalue weighted by Crippen LogP contribution is 2.15. The van der Waals surface area contributed by atoms with Crippen molar-refractivity contribution in [3.63, 3.8) is 0 Å². The van der Waals surface area contributed by atoms with Crippen LogP contribution in [0.2, 0.25) is 0 Å². The summed E-state index contributed by atoms with van der Waals surface area (Å²) in [5, 5.41) is 3.23. The molecule has 0 spiro atoms. The molecule has 3 N–H and O–H groups in total. The van der Waals surface area contributed by atoms with Gasteiger partial charge < -0.3 is 25.4 Å². The average molecular weight is 377 g/mol. The first-order valence-corrected chi connectivity index (χ1v) is 9.39. The van der Waals surface area contributed by atoms with Crippen molar-refractivity contribution in [2.45, 2.75) is 58.7 Å². The summed E-state index contributed by atoms with van der Waals surface area (Å²) < 4.78 is 10.7. The Morgan fingerprint density at radius 2 is 2.07 bits per heavy atom.